The Morgan fingerprint density at radius 2 is 1.57 bits per heavy atom. The van der Waals surface area contributed by atoms with Crippen LogP contribution in [-0.2, 0) is 16.0 Å². The topological polar surface area (TPSA) is 38.7 Å². The summed E-state index contributed by atoms with van der Waals surface area (Å²) in [6.45, 7) is 21.3. The second-order valence-electron chi connectivity index (χ2n) is 11.4. The van der Waals surface area contributed by atoms with E-state index in [0.29, 0.717) is 18.3 Å². The van der Waals surface area contributed by atoms with E-state index < -0.39 is 11.6 Å². The van der Waals surface area contributed by atoms with Gasteiger partial charge in [-0.25, -0.2) is 4.79 Å². The van der Waals surface area contributed by atoms with Crippen molar-refractivity contribution >= 4 is 12.2 Å². The number of carbonyl (C=O) groups is 1. The molecule has 0 aliphatic rings. The highest BCUT2D eigenvalue weighted by molar-refractivity contribution is 5.78. The van der Waals surface area contributed by atoms with Crippen LogP contribution in [0.3, 0.4) is 0 Å². The summed E-state index contributed by atoms with van der Waals surface area (Å²) in [5.74, 6) is 0.982. The molecule has 0 fully saturated rings. The van der Waals surface area contributed by atoms with Gasteiger partial charge in [-0.2, -0.15) is 0 Å². The number of ether oxygens (including phenoxy) is 1. The highest BCUT2D eigenvalue weighted by Crippen LogP contribution is 2.30. The number of aliphatic imine (C=N–C) groups is 1. The monoisotopic (exact) mass is 415 g/mol. The van der Waals surface area contributed by atoms with E-state index in [-0.39, 0.29) is 17.3 Å². The number of esters is 1. The summed E-state index contributed by atoms with van der Waals surface area (Å²) >= 11 is 0. The van der Waals surface area contributed by atoms with Crippen molar-refractivity contribution in [1.82, 2.24) is 0 Å². The maximum Gasteiger partial charge on any atom is 0.331 e. The predicted octanol–water partition coefficient (Wildman–Crippen LogP) is 7.23. The van der Waals surface area contributed by atoms with Gasteiger partial charge in [0.15, 0.2) is 0 Å². The minimum absolute atomic E-state index is 0.0974. The molecule has 0 radical (unpaired) electrons. The molecule has 1 aromatic carbocycles. The van der Waals surface area contributed by atoms with Gasteiger partial charge in [-0.3, -0.25) is 4.99 Å². The zero-order valence-electron chi connectivity index (χ0n) is 21.1. The molecule has 3 heteroatoms. The molecular weight excluding hydrogens is 370 g/mol. The van der Waals surface area contributed by atoms with E-state index in [4.69, 9.17) is 4.74 Å². The van der Waals surface area contributed by atoms with Crippen LogP contribution >= 0.6 is 0 Å². The van der Waals surface area contributed by atoms with Crippen molar-refractivity contribution in [3.05, 3.63) is 35.4 Å². The van der Waals surface area contributed by atoms with Crippen LogP contribution in [0, 0.1) is 17.3 Å². The Hall–Kier alpha value is -1.64. The highest BCUT2D eigenvalue weighted by Gasteiger charge is 2.32. The molecule has 0 aliphatic heterocycles. The molecule has 170 valence electrons. The van der Waals surface area contributed by atoms with Gasteiger partial charge in [-0.05, 0) is 67.4 Å². The van der Waals surface area contributed by atoms with E-state index in [2.05, 4.69) is 84.6 Å². The first-order chi connectivity index (χ1) is 13.7. The average Bonchev–Trinajstić information content (AvgIpc) is 2.55. The van der Waals surface area contributed by atoms with Gasteiger partial charge >= 0.3 is 5.97 Å². The van der Waals surface area contributed by atoms with E-state index in [9.17, 15) is 4.79 Å². The fourth-order valence-electron chi connectivity index (χ4n) is 4.03. The second kappa shape index (κ2) is 11.1. The number of benzene rings is 1. The van der Waals surface area contributed by atoms with Crippen LogP contribution in [0.15, 0.2) is 29.3 Å². The third-order valence-corrected chi connectivity index (χ3v) is 5.02. The van der Waals surface area contributed by atoms with E-state index in [1.165, 1.54) is 11.1 Å². The maximum atomic E-state index is 12.9. The molecule has 3 nitrogen and oxygen atoms in total. The van der Waals surface area contributed by atoms with Crippen LogP contribution in [0.4, 0.5) is 0 Å². The predicted molar refractivity (Wildman–Crippen MR) is 129 cm³/mol. The van der Waals surface area contributed by atoms with Gasteiger partial charge in [0.1, 0.15) is 11.6 Å². The van der Waals surface area contributed by atoms with Crippen LogP contribution in [0.1, 0.15) is 99.1 Å². The molecule has 1 aromatic rings. The minimum Gasteiger partial charge on any atom is -0.458 e. The Kier molecular flexibility index (Phi) is 9.78. The number of hydrogen-bond acceptors (Lipinski definition) is 3. The van der Waals surface area contributed by atoms with Crippen molar-refractivity contribution < 1.29 is 9.53 Å². The molecule has 0 heterocycles. The molecule has 0 spiro atoms. The van der Waals surface area contributed by atoms with Crippen LogP contribution in [0.25, 0.3) is 0 Å². The lowest BCUT2D eigenvalue weighted by molar-refractivity contribution is -0.160. The summed E-state index contributed by atoms with van der Waals surface area (Å²) < 4.78 is 5.91. The zero-order chi connectivity index (χ0) is 23.1. The number of rotatable bonds is 10. The quantitative estimate of drug-likeness (QED) is 0.298. The fourth-order valence-corrected chi connectivity index (χ4v) is 4.03. The molecule has 0 saturated heterocycles. The summed E-state index contributed by atoms with van der Waals surface area (Å²) in [5.41, 5.74) is 2.26. The minimum atomic E-state index is -0.496. The molecule has 0 N–H and O–H groups in total. The van der Waals surface area contributed by atoms with E-state index in [0.717, 1.165) is 12.8 Å². The van der Waals surface area contributed by atoms with Gasteiger partial charge in [-0.1, -0.05) is 79.7 Å². The molecule has 2 atom stereocenters. The number of nitrogens with zero attached hydrogens (tertiary/aromatic N) is 1. The van der Waals surface area contributed by atoms with Crippen LogP contribution in [0.2, 0.25) is 0 Å². The lowest BCUT2D eigenvalue weighted by atomic mass is 9.83. The number of hydrogen-bond donors (Lipinski definition) is 0. The van der Waals surface area contributed by atoms with Gasteiger partial charge in [0, 0.05) is 6.21 Å². The fraction of sp³-hybridized carbons (Fsp3) is 0.704. The summed E-state index contributed by atoms with van der Waals surface area (Å²) in [6.07, 6.45) is 4.38. The Bertz CT molecular complexity index is 678. The molecule has 2 unspecified atom stereocenters. The van der Waals surface area contributed by atoms with E-state index in [1.807, 2.05) is 20.1 Å². The van der Waals surface area contributed by atoms with Crippen molar-refractivity contribution in [2.45, 2.75) is 106 Å². The van der Waals surface area contributed by atoms with E-state index >= 15 is 0 Å². The van der Waals surface area contributed by atoms with Gasteiger partial charge in [0.05, 0.1) is 0 Å². The van der Waals surface area contributed by atoms with Crippen molar-refractivity contribution in [3.63, 3.8) is 0 Å². The lowest BCUT2D eigenvalue weighted by Crippen LogP contribution is -2.37. The van der Waals surface area contributed by atoms with Crippen LogP contribution in [0.5, 0.6) is 0 Å². The van der Waals surface area contributed by atoms with Gasteiger partial charge in [0.25, 0.3) is 0 Å². The summed E-state index contributed by atoms with van der Waals surface area (Å²) in [5, 5.41) is 0. The van der Waals surface area contributed by atoms with Gasteiger partial charge in [0.2, 0.25) is 0 Å². The third kappa shape index (κ3) is 10.4. The SMILES string of the molecule is CC(C)CC(N=CC(C)Cc1ccc(C(C)C)cc1)C(=O)OC(C)(C)CC(C)(C)C. The van der Waals surface area contributed by atoms with Gasteiger partial charge in [-0.15, -0.1) is 0 Å². The highest BCUT2D eigenvalue weighted by atomic mass is 16.6. The first kappa shape index (κ1) is 26.4. The molecule has 0 aromatic heterocycles. The Morgan fingerprint density at radius 3 is 2.03 bits per heavy atom. The standard InChI is InChI=1S/C27H45NO2/c1-19(2)15-24(25(29)30-27(9,10)18-26(6,7)8)28-17-21(5)16-22-11-13-23(14-12-22)20(3)4/h11-14,17,19-21,24H,15-16,18H2,1-10H3. The first-order valence-corrected chi connectivity index (χ1v) is 11.5. The molecule has 0 bridgehead atoms. The molecule has 1 rings (SSSR count). The molecular formula is C27H45NO2. The van der Waals surface area contributed by atoms with Crippen molar-refractivity contribution in [2.75, 3.05) is 0 Å². The summed E-state index contributed by atoms with van der Waals surface area (Å²) in [4.78, 5) is 17.6. The summed E-state index contributed by atoms with van der Waals surface area (Å²) in [6, 6.07) is 8.39. The Labute approximate surface area is 185 Å². The Morgan fingerprint density at radius 1 is 1.00 bits per heavy atom. The second-order valence-corrected chi connectivity index (χ2v) is 11.4. The Balaban J connectivity index is 2.80. The lowest BCUT2D eigenvalue weighted by Gasteiger charge is -2.33. The van der Waals surface area contributed by atoms with Crippen LogP contribution < -0.4 is 0 Å². The van der Waals surface area contributed by atoms with Gasteiger partial charge < -0.3 is 4.74 Å². The van der Waals surface area contributed by atoms with E-state index in [1.54, 1.807) is 0 Å². The number of carbonyl (C=O) groups excluding carboxylic acids is 1. The zero-order valence-corrected chi connectivity index (χ0v) is 21.1. The average molecular weight is 416 g/mol. The third-order valence-electron chi connectivity index (χ3n) is 5.02. The van der Waals surface area contributed by atoms with Crippen molar-refractivity contribution in [1.29, 1.82) is 0 Å². The smallest absolute Gasteiger partial charge is 0.331 e. The molecule has 30 heavy (non-hydrogen) atoms. The van der Waals surface area contributed by atoms with Crippen molar-refractivity contribution in [3.8, 4) is 0 Å². The summed E-state index contributed by atoms with van der Waals surface area (Å²) in [7, 11) is 0. The maximum absolute atomic E-state index is 12.9. The van der Waals surface area contributed by atoms with Crippen LogP contribution in [-0.4, -0.2) is 23.8 Å². The largest absolute Gasteiger partial charge is 0.458 e. The first-order valence-electron chi connectivity index (χ1n) is 11.5. The molecule has 0 saturated carbocycles. The normalized spacial score (nSPS) is 15.1. The molecule has 0 aliphatic carbocycles. The molecule has 0 amide bonds. The van der Waals surface area contributed by atoms with Crippen molar-refractivity contribution in [2.24, 2.45) is 22.2 Å².